The van der Waals surface area contributed by atoms with Crippen molar-refractivity contribution >= 4 is 24.8 Å². The lowest BCUT2D eigenvalue weighted by molar-refractivity contribution is 0.179. The Morgan fingerprint density at radius 3 is 2.27 bits per heavy atom. The smallest absolute Gasteiger partial charge is 0.130 e. The molecule has 1 aliphatic heterocycles. The first-order valence-corrected chi connectivity index (χ1v) is 7.17. The largest absolute Gasteiger partial charge is 0.314 e. The van der Waals surface area contributed by atoms with E-state index in [1.165, 1.54) is 18.2 Å². The molecule has 2 rings (SSSR count). The van der Waals surface area contributed by atoms with Crippen molar-refractivity contribution < 1.29 is 8.78 Å². The fraction of sp³-hybridized carbons (Fsp3) is 0.600. The van der Waals surface area contributed by atoms with E-state index >= 15 is 0 Å². The minimum absolute atomic E-state index is 0. The van der Waals surface area contributed by atoms with Gasteiger partial charge in [-0.2, -0.15) is 0 Å². The first kappa shape index (κ1) is 21.5. The Hall–Kier alpha value is -0.460. The van der Waals surface area contributed by atoms with E-state index in [1.807, 2.05) is 18.9 Å². The predicted molar refractivity (Wildman–Crippen MR) is 91.2 cm³/mol. The summed E-state index contributed by atoms with van der Waals surface area (Å²) in [6.07, 6.45) is 0. The van der Waals surface area contributed by atoms with Gasteiger partial charge in [0.1, 0.15) is 11.6 Å². The summed E-state index contributed by atoms with van der Waals surface area (Å²) in [6.45, 7) is 7.68. The summed E-state index contributed by atoms with van der Waals surface area (Å²) in [5.41, 5.74) is 0.162. The Morgan fingerprint density at radius 2 is 1.73 bits per heavy atom. The van der Waals surface area contributed by atoms with Crippen molar-refractivity contribution in [1.29, 1.82) is 0 Å². The zero-order valence-corrected chi connectivity index (χ0v) is 14.7. The van der Waals surface area contributed by atoms with Crippen molar-refractivity contribution in [2.24, 2.45) is 0 Å². The normalized spacial score (nSPS) is 16.8. The molecule has 1 unspecified atom stereocenters. The standard InChI is InChI=1S/C15H23F2N3.2ClH/c1-12(15-13(16)4-3-5-14(15)17)19(2)10-11-20-8-6-18-7-9-20;;/h3-5,12,18H,6-11H2,1-2H3;2*1H. The molecule has 3 nitrogen and oxygen atoms in total. The summed E-state index contributed by atoms with van der Waals surface area (Å²) in [5, 5.41) is 3.31. The van der Waals surface area contributed by atoms with Crippen molar-refractivity contribution in [3.05, 3.63) is 35.4 Å². The van der Waals surface area contributed by atoms with Crippen LogP contribution in [0.5, 0.6) is 0 Å². The number of hydrogen-bond donors (Lipinski definition) is 1. The van der Waals surface area contributed by atoms with E-state index in [0.29, 0.717) is 0 Å². The van der Waals surface area contributed by atoms with Gasteiger partial charge < -0.3 is 5.32 Å². The minimum Gasteiger partial charge on any atom is -0.314 e. The second kappa shape index (κ2) is 10.3. The van der Waals surface area contributed by atoms with Gasteiger partial charge in [0.25, 0.3) is 0 Å². The van der Waals surface area contributed by atoms with Crippen LogP contribution in [-0.2, 0) is 0 Å². The van der Waals surface area contributed by atoms with Crippen molar-refractivity contribution in [3.63, 3.8) is 0 Å². The van der Waals surface area contributed by atoms with Gasteiger partial charge in [-0.15, -0.1) is 24.8 Å². The zero-order chi connectivity index (χ0) is 14.5. The van der Waals surface area contributed by atoms with Crippen LogP contribution in [0.4, 0.5) is 8.78 Å². The van der Waals surface area contributed by atoms with Gasteiger partial charge in [-0.05, 0) is 26.1 Å². The third kappa shape index (κ3) is 5.63. The highest BCUT2D eigenvalue weighted by atomic mass is 35.5. The monoisotopic (exact) mass is 355 g/mol. The second-order valence-electron chi connectivity index (χ2n) is 5.38. The van der Waals surface area contributed by atoms with Gasteiger partial charge in [-0.3, -0.25) is 9.80 Å². The van der Waals surface area contributed by atoms with Gasteiger partial charge in [0.05, 0.1) is 0 Å². The third-order valence-electron chi connectivity index (χ3n) is 4.06. The number of rotatable bonds is 5. The molecule has 0 bridgehead atoms. The third-order valence-corrected chi connectivity index (χ3v) is 4.06. The van der Waals surface area contributed by atoms with Crippen LogP contribution in [0.2, 0.25) is 0 Å². The number of likely N-dealkylation sites (N-methyl/N-ethyl adjacent to an activating group) is 1. The average molecular weight is 356 g/mol. The number of benzene rings is 1. The molecule has 1 fully saturated rings. The molecule has 1 aliphatic rings. The molecule has 0 spiro atoms. The predicted octanol–water partition coefficient (Wildman–Crippen LogP) is 2.71. The van der Waals surface area contributed by atoms with E-state index in [-0.39, 0.29) is 36.4 Å². The molecule has 0 aliphatic carbocycles. The quantitative estimate of drug-likeness (QED) is 0.875. The Bertz CT molecular complexity index is 423. The molecular formula is C15H25Cl2F2N3. The van der Waals surface area contributed by atoms with Crippen molar-refractivity contribution in [1.82, 2.24) is 15.1 Å². The maximum Gasteiger partial charge on any atom is 0.130 e. The summed E-state index contributed by atoms with van der Waals surface area (Å²) in [5.74, 6) is -0.932. The van der Waals surface area contributed by atoms with Crippen LogP contribution in [0.15, 0.2) is 18.2 Å². The van der Waals surface area contributed by atoms with Crippen LogP contribution in [0.25, 0.3) is 0 Å². The molecule has 1 atom stereocenters. The van der Waals surface area contributed by atoms with Gasteiger partial charge >= 0.3 is 0 Å². The molecule has 1 aromatic carbocycles. The molecule has 128 valence electrons. The molecule has 1 aromatic rings. The van der Waals surface area contributed by atoms with E-state index in [4.69, 9.17) is 0 Å². The van der Waals surface area contributed by atoms with Crippen molar-refractivity contribution in [3.8, 4) is 0 Å². The Labute approximate surface area is 143 Å². The van der Waals surface area contributed by atoms with Gasteiger partial charge in [-0.25, -0.2) is 8.78 Å². The van der Waals surface area contributed by atoms with Crippen LogP contribution in [-0.4, -0.2) is 56.1 Å². The first-order chi connectivity index (χ1) is 9.59. The van der Waals surface area contributed by atoms with Gasteiger partial charge in [0, 0.05) is 50.9 Å². The number of piperazine rings is 1. The number of hydrogen-bond acceptors (Lipinski definition) is 3. The van der Waals surface area contributed by atoms with Crippen molar-refractivity contribution in [2.75, 3.05) is 46.3 Å². The second-order valence-corrected chi connectivity index (χ2v) is 5.38. The SMILES string of the molecule is CC(c1c(F)cccc1F)N(C)CCN1CCNCC1.Cl.Cl. The molecule has 0 radical (unpaired) electrons. The van der Waals surface area contributed by atoms with Crippen LogP contribution in [0.3, 0.4) is 0 Å². The molecule has 0 saturated carbocycles. The lowest BCUT2D eigenvalue weighted by Crippen LogP contribution is -2.46. The van der Waals surface area contributed by atoms with E-state index in [1.54, 1.807) is 0 Å². The van der Waals surface area contributed by atoms with Gasteiger partial charge in [0.2, 0.25) is 0 Å². The maximum absolute atomic E-state index is 13.8. The molecular weight excluding hydrogens is 331 g/mol. The van der Waals surface area contributed by atoms with Crippen molar-refractivity contribution in [2.45, 2.75) is 13.0 Å². The van der Waals surface area contributed by atoms with Crippen LogP contribution in [0.1, 0.15) is 18.5 Å². The Morgan fingerprint density at radius 1 is 1.18 bits per heavy atom. The summed E-state index contributed by atoms with van der Waals surface area (Å²) >= 11 is 0. The van der Waals surface area contributed by atoms with E-state index in [2.05, 4.69) is 10.2 Å². The van der Waals surface area contributed by atoms with Crippen LogP contribution < -0.4 is 5.32 Å². The Balaban J connectivity index is 0.00000220. The number of halogens is 4. The highest BCUT2D eigenvalue weighted by molar-refractivity contribution is 5.85. The molecule has 22 heavy (non-hydrogen) atoms. The maximum atomic E-state index is 13.8. The minimum atomic E-state index is -0.466. The summed E-state index contributed by atoms with van der Waals surface area (Å²) < 4.78 is 27.5. The van der Waals surface area contributed by atoms with Crippen LogP contribution >= 0.6 is 24.8 Å². The Kier molecular flexibility index (Phi) is 10.1. The number of nitrogens with zero attached hydrogens (tertiary/aromatic N) is 2. The fourth-order valence-electron chi connectivity index (χ4n) is 2.56. The fourth-order valence-corrected chi connectivity index (χ4v) is 2.56. The molecule has 1 saturated heterocycles. The van der Waals surface area contributed by atoms with E-state index < -0.39 is 11.6 Å². The summed E-state index contributed by atoms with van der Waals surface area (Å²) in [7, 11) is 1.92. The number of nitrogens with one attached hydrogen (secondary N) is 1. The summed E-state index contributed by atoms with van der Waals surface area (Å²) in [6, 6.07) is 3.78. The van der Waals surface area contributed by atoms with Crippen LogP contribution in [0, 0.1) is 11.6 Å². The molecule has 7 heteroatoms. The zero-order valence-electron chi connectivity index (χ0n) is 13.0. The highest BCUT2D eigenvalue weighted by Gasteiger charge is 2.20. The molecule has 1 N–H and O–H groups in total. The van der Waals surface area contributed by atoms with E-state index in [0.717, 1.165) is 39.3 Å². The first-order valence-electron chi connectivity index (χ1n) is 7.17. The molecule has 0 amide bonds. The highest BCUT2D eigenvalue weighted by Crippen LogP contribution is 2.24. The molecule has 1 heterocycles. The topological polar surface area (TPSA) is 18.5 Å². The van der Waals surface area contributed by atoms with Gasteiger partial charge in [0.15, 0.2) is 0 Å². The summed E-state index contributed by atoms with van der Waals surface area (Å²) in [4.78, 5) is 4.38. The lowest BCUT2D eigenvalue weighted by atomic mass is 10.1. The average Bonchev–Trinajstić information content (AvgIpc) is 2.45. The molecule has 0 aromatic heterocycles. The lowest BCUT2D eigenvalue weighted by Gasteiger charge is -2.31. The van der Waals surface area contributed by atoms with Gasteiger partial charge in [-0.1, -0.05) is 6.07 Å². The van der Waals surface area contributed by atoms with E-state index in [9.17, 15) is 8.78 Å².